The van der Waals surface area contributed by atoms with Crippen LogP contribution < -0.4 is 14.4 Å². The number of ether oxygens (including phenoxy) is 1. The van der Waals surface area contributed by atoms with Crippen LogP contribution in [-0.4, -0.2) is 55.8 Å². The van der Waals surface area contributed by atoms with Crippen LogP contribution in [0.15, 0.2) is 71.6 Å². The number of hydrogen-bond donors (Lipinski definition) is 1. The monoisotopic (exact) mass is 642 g/mol. The first kappa shape index (κ1) is 32.7. The highest BCUT2D eigenvalue weighted by atomic mass is 35.5. The number of rotatable bonds is 12. The number of nitro groups is 1. The van der Waals surface area contributed by atoms with Crippen LogP contribution in [-0.2, 0) is 26.2 Å². The Hall–Kier alpha value is -4.16. The van der Waals surface area contributed by atoms with Gasteiger partial charge >= 0.3 is 0 Å². The number of anilines is 1. The first-order chi connectivity index (χ1) is 20.9. The molecule has 0 spiro atoms. The van der Waals surface area contributed by atoms with Crippen molar-refractivity contribution >= 4 is 44.8 Å². The molecule has 0 unspecified atom stereocenters. The molecule has 13 heteroatoms. The number of nitrogens with zero attached hydrogens (tertiary/aromatic N) is 3. The van der Waals surface area contributed by atoms with Crippen LogP contribution in [0.4, 0.5) is 11.4 Å². The van der Waals surface area contributed by atoms with Gasteiger partial charge in [-0.25, -0.2) is 8.42 Å². The number of hydrogen-bond acceptors (Lipinski definition) is 7. The van der Waals surface area contributed by atoms with E-state index in [0.29, 0.717) is 16.3 Å². The van der Waals surface area contributed by atoms with Crippen molar-refractivity contribution in [1.29, 1.82) is 0 Å². The van der Waals surface area contributed by atoms with Gasteiger partial charge in [-0.1, -0.05) is 42.6 Å². The molecule has 4 rings (SSSR count). The first-order valence-electron chi connectivity index (χ1n) is 14.2. The molecule has 0 radical (unpaired) electrons. The molecule has 0 aromatic heterocycles. The summed E-state index contributed by atoms with van der Waals surface area (Å²) in [6.07, 6.45) is 3.74. The summed E-state index contributed by atoms with van der Waals surface area (Å²) in [4.78, 5) is 39.4. The van der Waals surface area contributed by atoms with E-state index in [9.17, 15) is 28.1 Å². The zero-order valence-electron chi connectivity index (χ0n) is 24.7. The molecule has 0 saturated heterocycles. The number of sulfonamides is 1. The minimum absolute atomic E-state index is 0.0156. The minimum atomic E-state index is -4.50. The molecule has 3 aromatic carbocycles. The maximum Gasteiger partial charge on any atom is 0.273 e. The Labute approximate surface area is 262 Å². The van der Waals surface area contributed by atoms with Crippen molar-refractivity contribution in [3.8, 4) is 5.75 Å². The van der Waals surface area contributed by atoms with Crippen molar-refractivity contribution in [3.05, 3.63) is 93.0 Å². The van der Waals surface area contributed by atoms with Gasteiger partial charge in [-0.05, 0) is 74.7 Å². The van der Waals surface area contributed by atoms with Crippen LogP contribution in [0, 0.1) is 17.0 Å². The van der Waals surface area contributed by atoms with Crippen LogP contribution in [0.2, 0.25) is 5.02 Å². The molecular weight excluding hydrogens is 608 g/mol. The lowest BCUT2D eigenvalue weighted by molar-refractivity contribution is -0.385. The Morgan fingerprint density at radius 2 is 1.70 bits per heavy atom. The fourth-order valence-corrected chi connectivity index (χ4v) is 6.67. The van der Waals surface area contributed by atoms with Crippen molar-refractivity contribution in [2.75, 3.05) is 18.0 Å². The second-order valence-corrected chi connectivity index (χ2v) is 13.0. The first-order valence-corrected chi connectivity index (χ1v) is 16.0. The molecule has 1 atom stereocenters. The van der Waals surface area contributed by atoms with Crippen molar-refractivity contribution in [2.24, 2.45) is 0 Å². The van der Waals surface area contributed by atoms with E-state index in [2.05, 4.69) is 5.32 Å². The highest BCUT2D eigenvalue weighted by Gasteiger charge is 2.34. The molecule has 3 aromatic rings. The van der Waals surface area contributed by atoms with Crippen LogP contribution in [0.25, 0.3) is 0 Å². The van der Waals surface area contributed by atoms with E-state index in [1.807, 2.05) is 0 Å². The van der Waals surface area contributed by atoms with Gasteiger partial charge in [0.25, 0.3) is 15.7 Å². The Balaban J connectivity index is 1.73. The summed E-state index contributed by atoms with van der Waals surface area (Å²) in [5.74, 6) is -0.521. The molecule has 234 valence electrons. The molecule has 1 fully saturated rings. The van der Waals surface area contributed by atoms with Crippen molar-refractivity contribution < 1.29 is 27.7 Å². The normalized spacial score (nSPS) is 14.1. The molecule has 1 aliphatic rings. The summed E-state index contributed by atoms with van der Waals surface area (Å²) in [6.45, 7) is 2.45. The third kappa shape index (κ3) is 7.67. The fourth-order valence-electron chi connectivity index (χ4n) is 5.11. The lowest BCUT2D eigenvalue weighted by Gasteiger charge is -2.32. The predicted octanol–water partition coefficient (Wildman–Crippen LogP) is 5.24. The van der Waals surface area contributed by atoms with Gasteiger partial charge in [-0.15, -0.1) is 0 Å². The number of nitrogens with one attached hydrogen (secondary N) is 1. The average molecular weight is 643 g/mol. The van der Waals surface area contributed by atoms with Gasteiger partial charge in [0, 0.05) is 29.2 Å². The minimum Gasteiger partial charge on any atom is -0.497 e. The molecule has 1 aliphatic carbocycles. The van der Waals surface area contributed by atoms with E-state index in [4.69, 9.17) is 16.3 Å². The molecule has 0 heterocycles. The van der Waals surface area contributed by atoms with Crippen molar-refractivity contribution in [3.63, 3.8) is 0 Å². The topological polar surface area (TPSA) is 139 Å². The van der Waals surface area contributed by atoms with Gasteiger partial charge in [-0.2, -0.15) is 0 Å². The summed E-state index contributed by atoms with van der Waals surface area (Å²) in [5.41, 5.74) is 0.749. The Morgan fingerprint density at radius 1 is 1.07 bits per heavy atom. The molecule has 44 heavy (non-hydrogen) atoms. The maximum absolute atomic E-state index is 14.1. The van der Waals surface area contributed by atoms with E-state index in [0.717, 1.165) is 36.1 Å². The highest BCUT2D eigenvalue weighted by molar-refractivity contribution is 7.92. The number of carbonyl (C=O) groups is 2. The van der Waals surface area contributed by atoms with Gasteiger partial charge in [0.2, 0.25) is 11.8 Å². The number of carbonyl (C=O) groups excluding carboxylic acids is 2. The Morgan fingerprint density at radius 3 is 2.30 bits per heavy atom. The van der Waals surface area contributed by atoms with Crippen LogP contribution in [0.5, 0.6) is 5.75 Å². The van der Waals surface area contributed by atoms with Crippen LogP contribution >= 0.6 is 11.6 Å². The highest BCUT2D eigenvalue weighted by Crippen LogP contribution is 2.30. The lowest BCUT2D eigenvalue weighted by Crippen LogP contribution is -2.52. The van der Waals surface area contributed by atoms with Gasteiger partial charge in [0.15, 0.2) is 0 Å². The standard InChI is InChI=1S/C31H35ClN4O7S/c1-21-8-17-28(18-29(21)36(39)40)44(41,42)35(26-13-15-27(43-3)16-14-26)20-30(37)34(19-23-9-11-24(32)12-10-23)22(2)31(38)33-25-6-4-5-7-25/h8-18,22,25H,4-7,19-20H2,1-3H3,(H,33,38)/t22-/m1/s1. The van der Waals surface area contributed by atoms with E-state index in [1.54, 1.807) is 43.3 Å². The molecule has 2 amide bonds. The molecule has 1 saturated carbocycles. The number of amides is 2. The van der Waals surface area contributed by atoms with Gasteiger partial charge < -0.3 is 15.0 Å². The number of methoxy groups -OCH3 is 1. The van der Waals surface area contributed by atoms with Crippen LogP contribution in [0.3, 0.4) is 0 Å². The Bertz CT molecular complexity index is 1610. The Kier molecular flexibility index (Phi) is 10.5. The quantitative estimate of drug-likeness (QED) is 0.211. The lowest BCUT2D eigenvalue weighted by atomic mass is 10.1. The fraction of sp³-hybridized carbons (Fsp3) is 0.355. The number of halogens is 1. The molecule has 0 bridgehead atoms. The zero-order chi connectivity index (χ0) is 32.0. The molecule has 11 nitrogen and oxygen atoms in total. The second-order valence-electron chi connectivity index (χ2n) is 10.7. The number of nitro benzene ring substituents is 1. The summed E-state index contributed by atoms with van der Waals surface area (Å²) >= 11 is 6.06. The molecular formula is C31H35ClN4O7S. The molecule has 1 N–H and O–H groups in total. The van der Waals surface area contributed by atoms with E-state index in [1.165, 1.54) is 43.2 Å². The third-order valence-corrected chi connectivity index (χ3v) is 9.76. The maximum atomic E-state index is 14.1. The average Bonchev–Trinajstić information content (AvgIpc) is 3.52. The molecule has 0 aliphatic heterocycles. The summed E-state index contributed by atoms with van der Waals surface area (Å²) < 4.78 is 34.2. The van der Waals surface area contributed by atoms with Gasteiger partial charge in [0.1, 0.15) is 18.3 Å². The third-order valence-electron chi connectivity index (χ3n) is 7.74. The van der Waals surface area contributed by atoms with Crippen LogP contribution in [0.1, 0.15) is 43.7 Å². The zero-order valence-corrected chi connectivity index (χ0v) is 26.3. The van der Waals surface area contributed by atoms with Gasteiger partial charge in [0.05, 0.1) is 22.6 Å². The predicted molar refractivity (Wildman–Crippen MR) is 167 cm³/mol. The largest absolute Gasteiger partial charge is 0.497 e. The second kappa shape index (κ2) is 14.1. The van der Waals surface area contributed by atoms with Crippen molar-refractivity contribution in [2.45, 2.75) is 63.1 Å². The van der Waals surface area contributed by atoms with Gasteiger partial charge in [-0.3, -0.25) is 24.0 Å². The summed E-state index contributed by atoms with van der Waals surface area (Å²) in [5, 5.41) is 15.1. The van der Waals surface area contributed by atoms with E-state index >= 15 is 0 Å². The summed E-state index contributed by atoms with van der Waals surface area (Å²) in [7, 11) is -3.03. The number of aryl methyl sites for hydroxylation is 1. The summed E-state index contributed by atoms with van der Waals surface area (Å²) in [6, 6.07) is 15.5. The number of benzene rings is 3. The SMILES string of the molecule is COc1ccc(N(CC(=O)N(Cc2ccc(Cl)cc2)[C@H](C)C(=O)NC2CCCC2)S(=O)(=O)c2ccc(C)c([N+](=O)[O-])c2)cc1. The smallest absolute Gasteiger partial charge is 0.273 e. The van der Waals surface area contributed by atoms with E-state index < -0.39 is 33.4 Å². The van der Waals surface area contributed by atoms with E-state index in [-0.39, 0.29) is 40.3 Å². The van der Waals surface area contributed by atoms with Crippen molar-refractivity contribution in [1.82, 2.24) is 10.2 Å².